The van der Waals surface area contributed by atoms with Crippen LogP contribution in [0.25, 0.3) is 9.69 Å². The van der Waals surface area contributed by atoms with Crippen LogP contribution in [0.1, 0.15) is 26.5 Å². The van der Waals surface area contributed by atoms with Crippen LogP contribution < -0.4 is 5.73 Å². The number of aryl methyl sites for hydroxylation is 1. The van der Waals surface area contributed by atoms with Gasteiger partial charge >= 0.3 is 5.95 Å². The van der Waals surface area contributed by atoms with E-state index in [0.717, 1.165) is 0 Å². The second kappa shape index (κ2) is 5.54. The number of aromatic nitrogens is 4. The zero-order valence-electron chi connectivity index (χ0n) is 13.7. The minimum Gasteiger partial charge on any atom is -0.382 e. The molecule has 0 spiro atoms. The molecule has 0 aliphatic carbocycles. The van der Waals surface area contributed by atoms with Gasteiger partial charge in [-0.2, -0.15) is 5.10 Å². The van der Waals surface area contributed by atoms with Gasteiger partial charge < -0.3 is 15.4 Å². The summed E-state index contributed by atoms with van der Waals surface area (Å²) in [5.74, 6) is 0.699. The first-order chi connectivity index (χ1) is 10.7. The minimum absolute atomic E-state index is 0.00616. The summed E-state index contributed by atoms with van der Waals surface area (Å²) in [7, 11) is 3.35. The standard InChI is InChI=1S/C14H17N9/c1-14(2,3)9-8(10(15)23(7)21-9)19-20-13-18-11(16-4)12(17-5)22(13)6/h15H2,1-3,6-7H3. The molecule has 0 amide bonds. The first-order valence-electron chi connectivity index (χ1n) is 6.77. The Morgan fingerprint density at radius 3 is 2.26 bits per heavy atom. The van der Waals surface area contributed by atoms with Crippen LogP contribution in [0.3, 0.4) is 0 Å². The summed E-state index contributed by atoms with van der Waals surface area (Å²) in [6.45, 7) is 20.2. The van der Waals surface area contributed by atoms with Crippen LogP contribution in [-0.2, 0) is 19.5 Å². The van der Waals surface area contributed by atoms with E-state index in [0.29, 0.717) is 17.2 Å². The lowest BCUT2D eigenvalue weighted by molar-refractivity contribution is 0.554. The van der Waals surface area contributed by atoms with Crippen molar-refractivity contribution in [1.29, 1.82) is 0 Å². The number of hydrogen-bond donors (Lipinski definition) is 1. The van der Waals surface area contributed by atoms with Gasteiger partial charge in [0.2, 0.25) is 0 Å². The fourth-order valence-corrected chi connectivity index (χ4v) is 1.98. The molecule has 0 aliphatic rings. The number of nitrogens with two attached hydrogens (primary N) is 1. The lowest BCUT2D eigenvalue weighted by Gasteiger charge is -2.15. The minimum atomic E-state index is -0.255. The summed E-state index contributed by atoms with van der Waals surface area (Å²) in [5, 5.41) is 12.6. The molecule has 0 bridgehead atoms. The number of hydrogen-bond acceptors (Lipinski definition) is 5. The normalized spacial score (nSPS) is 11.6. The number of imidazole rings is 1. The molecular formula is C14H17N9. The van der Waals surface area contributed by atoms with Crippen LogP contribution >= 0.6 is 0 Å². The van der Waals surface area contributed by atoms with Gasteiger partial charge in [0.25, 0.3) is 11.6 Å². The molecule has 0 saturated heterocycles. The molecule has 2 N–H and O–H groups in total. The molecule has 0 radical (unpaired) electrons. The van der Waals surface area contributed by atoms with Gasteiger partial charge in [-0.3, -0.25) is 4.68 Å². The Kier molecular flexibility index (Phi) is 3.89. The van der Waals surface area contributed by atoms with E-state index in [4.69, 9.17) is 18.9 Å². The number of anilines is 1. The van der Waals surface area contributed by atoms with Crippen molar-refractivity contribution >= 4 is 29.1 Å². The van der Waals surface area contributed by atoms with E-state index >= 15 is 0 Å². The monoisotopic (exact) mass is 311 g/mol. The highest BCUT2D eigenvalue weighted by Crippen LogP contribution is 2.37. The Hall–Kier alpha value is -3.20. The van der Waals surface area contributed by atoms with Gasteiger partial charge in [0, 0.05) is 12.5 Å². The molecule has 0 aliphatic heterocycles. The van der Waals surface area contributed by atoms with Crippen molar-refractivity contribution in [3.05, 3.63) is 28.5 Å². The summed E-state index contributed by atoms with van der Waals surface area (Å²) in [4.78, 5) is 10.5. The number of azo groups is 1. The zero-order chi connectivity index (χ0) is 17.4. The molecule has 2 aromatic rings. The second-order valence-electron chi connectivity index (χ2n) is 6.00. The Bertz CT molecular complexity index is 862. The van der Waals surface area contributed by atoms with Gasteiger partial charge in [0.05, 0.1) is 12.7 Å². The molecular weight excluding hydrogens is 294 g/mol. The van der Waals surface area contributed by atoms with Crippen LogP contribution in [-0.4, -0.2) is 19.3 Å². The molecule has 0 unspecified atom stereocenters. The van der Waals surface area contributed by atoms with Gasteiger partial charge in [0.15, 0.2) is 5.69 Å². The smallest absolute Gasteiger partial charge is 0.382 e. The average Bonchev–Trinajstić information content (AvgIpc) is 2.94. The predicted octanol–water partition coefficient (Wildman–Crippen LogP) is 3.55. The van der Waals surface area contributed by atoms with Crippen molar-refractivity contribution in [2.45, 2.75) is 26.2 Å². The summed E-state index contributed by atoms with van der Waals surface area (Å²) < 4.78 is 2.97. The van der Waals surface area contributed by atoms with Gasteiger partial charge in [-0.25, -0.2) is 4.57 Å². The Balaban J connectivity index is 2.53. The maximum Gasteiger partial charge on any atom is 0.416 e. The molecule has 0 saturated carbocycles. The Morgan fingerprint density at radius 2 is 1.78 bits per heavy atom. The van der Waals surface area contributed by atoms with E-state index in [9.17, 15) is 0 Å². The fourth-order valence-electron chi connectivity index (χ4n) is 1.98. The van der Waals surface area contributed by atoms with Crippen molar-refractivity contribution in [2.75, 3.05) is 5.73 Å². The summed E-state index contributed by atoms with van der Waals surface area (Å²) >= 11 is 0. The quantitative estimate of drug-likeness (QED) is 0.678. The van der Waals surface area contributed by atoms with Crippen LogP contribution in [0.15, 0.2) is 10.2 Å². The highest BCUT2D eigenvalue weighted by atomic mass is 15.3. The molecule has 2 rings (SSSR count). The van der Waals surface area contributed by atoms with Gasteiger partial charge in [-0.15, -0.1) is 5.11 Å². The maximum atomic E-state index is 7.11. The van der Waals surface area contributed by atoms with E-state index in [2.05, 4.69) is 30.0 Å². The Morgan fingerprint density at radius 1 is 1.13 bits per heavy atom. The van der Waals surface area contributed by atoms with E-state index in [1.54, 1.807) is 18.8 Å². The molecule has 9 nitrogen and oxygen atoms in total. The van der Waals surface area contributed by atoms with Gasteiger partial charge in [-0.1, -0.05) is 44.0 Å². The molecule has 2 aromatic heterocycles. The maximum absolute atomic E-state index is 7.11. The third kappa shape index (κ3) is 2.77. The number of nitrogens with zero attached hydrogens (tertiary/aromatic N) is 8. The summed E-state index contributed by atoms with van der Waals surface area (Å²) in [6, 6.07) is 0. The Labute approximate surface area is 134 Å². The average molecular weight is 311 g/mol. The highest BCUT2D eigenvalue weighted by Gasteiger charge is 2.26. The van der Waals surface area contributed by atoms with Crippen molar-refractivity contribution in [1.82, 2.24) is 19.3 Å². The number of nitrogen functional groups attached to an aromatic ring is 1. The van der Waals surface area contributed by atoms with Crippen molar-refractivity contribution in [2.24, 2.45) is 24.3 Å². The molecule has 0 aromatic carbocycles. The van der Waals surface area contributed by atoms with Crippen molar-refractivity contribution < 1.29 is 0 Å². The molecule has 23 heavy (non-hydrogen) atoms. The molecule has 118 valence electrons. The van der Waals surface area contributed by atoms with E-state index in [1.807, 2.05) is 20.8 Å². The van der Waals surface area contributed by atoms with Crippen LogP contribution in [0.2, 0.25) is 0 Å². The zero-order valence-corrected chi connectivity index (χ0v) is 13.7. The van der Waals surface area contributed by atoms with Crippen LogP contribution in [0.4, 0.5) is 29.1 Å². The third-order valence-corrected chi connectivity index (χ3v) is 3.25. The largest absolute Gasteiger partial charge is 0.416 e. The highest BCUT2D eigenvalue weighted by molar-refractivity contribution is 5.66. The molecule has 0 atom stereocenters. The van der Waals surface area contributed by atoms with Crippen molar-refractivity contribution in [3.8, 4) is 0 Å². The third-order valence-electron chi connectivity index (χ3n) is 3.25. The molecule has 9 heteroatoms. The lowest BCUT2D eigenvalue weighted by Crippen LogP contribution is -2.12. The fraction of sp³-hybridized carbons (Fsp3) is 0.429. The van der Waals surface area contributed by atoms with Gasteiger partial charge in [-0.05, 0) is 0 Å². The summed E-state index contributed by atoms with van der Waals surface area (Å²) in [5.41, 5.74) is 6.94. The van der Waals surface area contributed by atoms with E-state index in [1.165, 1.54) is 4.57 Å². The summed E-state index contributed by atoms with van der Waals surface area (Å²) in [6.07, 6.45) is 0. The van der Waals surface area contributed by atoms with Gasteiger partial charge in [0.1, 0.15) is 5.82 Å². The molecule has 0 fully saturated rings. The second-order valence-corrected chi connectivity index (χ2v) is 6.00. The van der Waals surface area contributed by atoms with Crippen molar-refractivity contribution in [3.63, 3.8) is 0 Å². The van der Waals surface area contributed by atoms with Crippen LogP contribution in [0.5, 0.6) is 0 Å². The van der Waals surface area contributed by atoms with E-state index in [-0.39, 0.29) is 23.0 Å². The first kappa shape index (κ1) is 16.2. The SMILES string of the molecule is [C-]#[N+]c1nc(N=Nc2c(C(C)(C)C)nn(C)c2N)n(C)c1[N+]#[C-]. The van der Waals surface area contributed by atoms with Crippen LogP contribution in [0, 0.1) is 13.1 Å². The topological polar surface area (TPSA) is 95.1 Å². The lowest BCUT2D eigenvalue weighted by atomic mass is 9.91. The molecule has 2 heterocycles. The predicted molar refractivity (Wildman–Crippen MR) is 86.2 cm³/mol. The first-order valence-corrected chi connectivity index (χ1v) is 6.77. The number of rotatable bonds is 2. The van der Waals surface area contributed by atoms with E-state index < -0.39 is 0 Å².